The first kappa shape index (κ1) is 11.3. The van der Waals surface area contributed by atoms with E-state index >= 15 is 0 Å². The lowest BCUT2D eigenvalue weighted by Crippen LogP contribution is -2.31. The number of piperidine rings is 1. The van der Waals surface area contributed by atoms with Crippen molar-refractivity contribution in [1.82, 2.24) is 4.90 Å². The van der Waals surface area contributed by atoms with Gasteiger partial charge in [-0.15, -0.1) is 0 Å². The highest BCUT2D eigenvalue weighted by Gasteiger charge is 2.37. The molecule has 2 fully saturated rings. The Kier molecular flexibility index (Phi) is 2.52. The van der Waals surface area contributed by atoms with E-state index in [4.69, 9.17) is 5.73 Å². The van der Waals surface area contributed by atoms with Crippen LogP contribution in [0.4, 0.5) is 5.69 Å². The largest absolute Gasteiger partial charge is 0.398 e. The maximum Gasteiger partial charge on any atom is 0.0366 e. The lowest BCUT2D eigenvalue weighted by Gasteiger charge is -2.27. The summed E-state index contributed by atoms with van der Waals surface area (Å²) in [7, 11) is 0. The van der Waals surface area contributed by atoms with Crippen molar-refractivity contribution in [2.45, 2.75) is 31.8 Å². The molecule has 0 radical (unpaired) electrons. The molecule has 1 saturated heterocycles. The van der Waals surface area contributed by atoms with E-state index in [1.165, 1.54) is 42.1 Å². The Labute approximate surface area is 114 Å². The summed E-state index contributed by atoms with van der Waals surface area (Å²) in [6.45, 7) is 2.30. The molecular formula is C17H20N2. The Morgan fingerprint density at radius 1 is 1.11 bits per heavy atom. The smallest absolute Gasteiger partial charge is 0.0366 e. The Morgan fingerprint density at radius 3 is 2.58 bits per heavy atom. The van der Waals surface area contributed by atoms with Crippen molar-refractivity contribution in [2.24, 2.45) is 5.92 Å². The first-order valence-corrected chi connectivity index (χ1v) is 7.31. The minimum Gasteiger partial charge on any atom is -0.398 e. The van der Waals surface area contributed by atoms with Crippen molar-refractivity contribution in [2.75, 3.05) is 12.3 Å². The SMILES string of the molecule is Nc1cc2ccccc2cc1CN1CC2CCC1C2. The van der Waals surface area contributed by atoms with Gasteiger partial charge in [-0.1, -0.05) is 24.3 Å². The van der Waals surface area contributed by atoms with Gasteiger partial charge >= 0.3 is 0 Å². The quantitative estimate of drug-likeness (QED) is 0.830. The number of fused-ring (bicyclic) bond motifs is 3. The Balaban J connectivity index is 1.65. The summed E-state index contributed by atoms with van der Waals surface area (Å²) >= 11 is 0. The summed E-state index contributed by atoms with van der Waals surface area (Å²) < 4.78 is 0. The third-order valence-corrected chi connectivity index (χ3v) is 4.90. The van der Waals surface area contributed by atoms with E-state index in [9.17, 15) is 0 Å². The van der Waals surface area contributed by atoms with Crippen LogP contribution in [0.5, 0.6) is 0 Å². The van der Waals surface area contributed by atoms with E-state index < -0.39 is 0 Å². The number of rotatable bonds is 2. The number of nitrogen functional groups attached to an aromatic ring is 1. The standard InChI is InChI=1S/C17H20N2/c18-17-9-14-4-2-1-3-13(14)8-15(17)11-19-10-12-5-6-16(19)7-12/h1-4,8-9,12,16H,5-7,10-11,18H2. The average molecular weight is 252 g/mol. The second kappa shape index (κ2) is 4.24. The molecule has 19 heavy (non-hydrogen) atoms. The minimum absolute atomic E-state index is 0.816. The van der Waals surface area contributed by atoms with Crippen LogP contribution in [0.15, 0.2) is 36.4 Å². The summed E-state index contributed by atoms with van der Waals surface area (Å²) in [4.78, 5) is 2.63. The minimum atomic E-state index is 0.816. The number of anilines is 1. The lowest BCUT2D eigenvalue weighted by atomic mass is 10.0. The molecule has 4 rings (SSSR count). The van der Waals surface area contributed by atoms with Crippen LogP contribution in [0.3, 0.4) is 0 Å². The molecular weight excluding hydrogens is 232 g/mol. The summed E-state index contributed by atoms with van der Waals surface area (Å²) in [5.41, 5.74) is 8.48. The molecule has 2 aromatic rings. The predicted molar refractivity (Wildman–Crippen MR) is 79.9 cm³/mol. The van der Waals surface area contributed by atoms with Crippen molar-refractivity contribution in [1.29, 1.82) is 0 Å². The number of hydrogen-bond donors (Lipinski definition) is 1. The number of hydrogen-bond acceptors (Lipinski definition) is 2. The third kappa shape index (κ3) is 1.91. The van der Waals surface area contributed by atoms with Gasteiger partial charge < -0.3 is 5.73 Å². The Morgan fingerprint density at radius 2 is 1.89 bits per heavy atom. The zero-order chi connectivity index (χ0) is 12.8. The fourth-order valence-corrected chi connectivity index (χ4v) is 3.88. The predicted octanol–water partition coefficient (Wildman–Crippen LogP) is 3.41. The molecule has 1 aliphatic carbocycles. The van der Waals surface area contributed by atoms with E-state index in [-0.39, 0.29) is 0 Å². The molecule has 1 heterocycles. The molecule has 0 aromatic heterocycles. The van der Waals surface area contributed by atoms with Crippen LogP contribution in [-0.4, -0.2) is 17.5 Å². The topological polar surface area (TPSA) is 29.3 Å². The van der Waals surface area contributed by atoms with Crippen molar-refractivity contribution < 1.29 is 0 Å². The van der Waals surface area contributed by atoms with Gasteiger partial charge in [0.05, 0.1) is 0 Å². The lowest BCUT2D eigenvalue weighted by molar-refractivity contribution is 0.206. The van der Waals surface area contributed by atoms with Gasteiger partial charge in [0.15, 0.2) is 0 Å². The molecule has 2 heteroatoms. The van der Waals surface area contributed by atoms with Crippen LogP contribution in [0, 0.1) is 5.92 Å². The molecule has 0 spiro atoms. The van der Waals surface area contributed by atoms with E-state index in [1.54, 1.807) is 0 Å². The molecule has 0 amide bonds. The highest BCUT2D eigenvalue weighted by atomic mass is 15.2. The summed E-state index contributed by atoms with van der Waals surface area (Å²) in [6.07, 6.45) is 4.24. The normalized spacial score (nSPS) is 26.3. The van der Waals surface area contributed by atoms with Crippen LogP contribution in [0.2, 0.25) is 0 Å². The fourth-order valence-electron chi connectivity index (χ4n) is 3.88. The zero-order valence-electron chi connectivity index (χ0n) is 11.2. The maximum absolute atomic E-state index is 6.24. The van der Waals surface area contributed by atoms with Crippen molar-refractivity contribution >= 4 is 16.5 Å². The van der Waals surface area contributed by atoms with Gasteiger partial charge in [0, 0.05) is 24.8 Å². The van der Waals surface area contributed by atoms with E-state index in [0.29, 0.717) is 0 Å². The van der Waals surface area contributed by atoms with E-state index in [2.05, 4.69) is 41.3 Å². The van der Waals surface area contributed by atoms with Gasteiger partial charge in [-0.3, -0.25) is 4.90 Å². The summed E-state index contributed by atoms with van der Waals surface area (Å²) in [6, 6.07) is 13.7. The van der Waals surface area contributed by atoms with Gasteiger partial charge in [0.1, 0.15) is 0 Å². The van der Waals surface area contributed by atoms with Crippen LogP contribution in [0.25, 0.3) is 10.8 Å². The average Bonchev–Trinajstić information content (AvgIpc) is 3.02. The van der Waals surface area contributed by atoms with Crippen molar-refractivity contribution in [3.63, 3.8) is 0 Å². The number of nitrogens with zero attached hydrogens (tertiary/aromatic N) is 1. The maximum atomic E-state index is 6.24. The molecule has 2 unspecified atom stereocenters. The fraction of sp³-hybridized carbons (Fsp3) is 0.412. The summed E-state index contributed by atoms with van der Waals surface area (Å²) in [5, 5.41) is 2.54. The third-order valence-electron chi connectivity index (χ3n) is 4.90. The first-order chi connectivity index (χ1) is 9.29. The van der Waals surface area contributed by atoms with Crippen LogP contribution < -0.4 is 5.73 Å². The van der Waals surface area contributed by atoms with Gasteiger partial charge in [0.25, 0.3) is 0 Å². The molecule has 1 aliphatic heterocycles. The van der Waals surface area contributed by atoms with E-state index in [0.717, 1.165) is 24.2 Å². The second-order valence-electron chi connectivity index (χ2n) is 6.16. The van der Waals surface area contributed by atoms with Gasteiger partial charge in [0.2, 0.25) is 0 Å². The molecule has 1 saturated carbocycles. The van der Waals surface area contributed by atoms with E-state index in [1.807, 2.05) is 0 Å². The molecule has 2 aromatic carbocycles. The molecule has 98 valence electrons. The number of likely N-dealkylation sites (tertiary alicyclic amines) is 1. The highest BCUT2D eigenvalue weighted by molar-refractivity contribution is 5.86. The zero-order valence-corrected chi connectivity index (χ0v) is 11.2. The number of benzene rings is 2. The Bertz CT molecular complexity index is 620. The molecule has 2 atom stereocenters. The van der Waals surface area contributed by atoms with Gasteiger partial charge in [-0.05, 0) is 53.6 Å². The second-order valence-corrected chi connectivity index (χ2v) is 6.16. The van der Waals surface area contributed by atoms with Crippen LogP contribution in [-0.2, 0) is 6.54 Å². The molecule has 2 N–H and O–H groups in total. The molecule has 2 bridgehead atoms. The Hall–Kier alpha value is -1.54. The first-order valence-electron chi connectivity index (χ1n) is 7.31. The van der Waals surface area contributed by atoms with Gasteiger partial charge in [-0.2, -0.15) is 0 Å². The summed E-state index contributed by atoms with van der Waals surface area (Å²) in [5.74, 6) is 0.951. The van der Waals surface area contributed by atoms with Crippen molar-refractivity contribution in [3.05, 3.63) is 42.0 Å². The van der Waals surface area contributed by atoms with Crippen molar-refractivity contribution in [3.8, 4) is 0 Å². The van der Waals surface area contributed by atoms with Crippen LogP contribution >= 0.6 is 0 Å². The van der Waals surface area contributed by atoms with Gasteiger partial charge in [-0.25, -0.2) is 0 Å². The molecule has 2 nitrogen and oxygen atoms in total. The number of nitrogens with two attached hydrogens (primary N) is 1. The highest BCUT2D eigenvalue weighted by Crippen LogP contribution is 2.38. The molecule has 2 aliphatic rings. The van der Waals surface area contributed by atoms with Crippen LogP contribution in [0.1, 0.15) is 24.8 Å². The monoisotopic (exact) mass is 252 g/mol.